The van der Waals surface area contributed by atoms with Crippen LogP contribution < -0.4 is 16.0 Å². The zero-order valence-corrected chi connectivity index (χ0v) is 21.5. The lowest BCUT2D eigenvalue weighted by atomic mass is 10.0. The number of aromatic nitrogens is 2. The molecule has 5 rings (SSSR count). The fourth-order valence-corrected chi connectivity index (χ4v) is 5.01. The van der Waals surface area contributed by atoms with Gasteiger partial charge in [-0.1, -0.05) is 31.0 Å². The zero-order valence-electron chi connectivity index (χ0n) is 21.5. The Kier molecular flexibility index (Phi) is 9.89. The van der Waals surface area contributed by atoms with Crippen LogP contribution in [0.25, 0.3) is 0 Å². The number of piperazine rings is 1. The van der Waals surface area contributed by atoms with Crippen LogP contribution in [0.1, 0.15) is 55.3 Å². The number of aliphatic hydroxyl groups excluding tert-OH is 1. The minimum atomic E-state index is -0.127. The molecule has 1 unspecified atom stereocenters. The molecule has 4 N–H and O–H groups in total. The minimum absolute atomic E-state index is 0.00830. The number of amides is 1. The van der Waals surface area contributed by atoms with E-state index in [1.165, 1.54) is 25.9 Å². The van der Waals surface area contributed by atoms with Gasteiger partial charge in [0.2, 0.25) is 5.95 Å². The topological polar surface area (TPSA) is 106 Å². The number of benzene rings is 1. The van der Waals surface area contributed by atoms with Gasteiger partial charge in [0, 0.05) is 50.6 Å². The number of likely N-dealkylation sites (tertiary alicyclic amines) is 1. The molecule has 3 heterocycles. The predicted molar refractivity (Wildman–Crippen MR) is 144 cm³/mol. The molecule has 1 aromatic carbocycles. The van der Waals surface area contributed by atoms with Crippen molar-refractivity contribution in [3.05, 3.63) is 42.1 Å². The van der Waals surface area contributed by atoms with E-state index in [-0.39, 0.29) is 18.6 Å². The first-order valence-corrected chi connectivity index (χ1v) is 13.4. The Morgan fingerprint density at radius 3 is 2.44 bits per heavy atom. The number of para-hydroxylation sites is 1. The van der Waals surface area contributed by atoms with Crippen molar-refractivity contribution in [3.8, 4) is 0 Å². The molecule has 0 radical (unpaired) electrons. The highest BCUT2D eigenvalue weighted by Crippen LogP contribution is 2.27. The Morgan fingerprint density at radius 1 is 1.06 bits per heavy atom. The van der Waals surface area contributed by atoms with Crippen LogP contribution >= 0.6 is 0 Å². The Balaban J connectivity index is 0.000000375. The molecule has 2 aromatic rings. The number of piperidine rings is 1. The Labute approximate surface area is 214 Å². The molecule has 9 nitrogen and oxygen atoms in total. The summed E-state index contributed by atoms with van der Waals surface area (Å²) in [6, 6.07) is 9.95. The number of nitrogens with zero attached hydrogens (tertiary/aromatic N) is 4. The van der Waals surface area contributed by atoms with Gasteiger partial charge in [0.25, 0.3) is 5.91 Å². The minimum Gasteiger partial charge on any atom is -0.394 e. The molecule has 196 valence electrons. The summed E-state index contributed by atoms with van der Waals surface area (Å²) in [5.74, 6) is 0.943. The second-order valence-electron chi connectivity index (χ2n) is 9.96. The molecule has 36 heavy (non-hydrogen) atoms. The molecule has 1 saturated carbocycles. The van der Waals surface area contributed by atoms with Crippen LogP contribution in [0.3, 0.4) is 0 Å². The number of hydrogen-bond donors (Lipinski definition) is 4. The summed E-state index contributed by atoms with van der Waals surface area (Å²) >= 11 is 0. The summed E-state index contributed by atoms with van der Waals surface area (Å²) in [6.45, 7) is 5.40. The van der Waals surface area contributed by atoms with Gasteiger partial charge in [-0.25, -0.2) is 4.98 Å². The Bertz CT molecular complexity index is 946. The number of carbonyl (C=O) groups excluding carboxylic acids is 1. The monoisotopic (exact) mass is 495 g/mol. The molecule has 0 bridgehead atoms. The first-order valence-electron chi connectivity index (χ1n) is 13.4. The van der Waals surface area contributed by atoms with Crippen LogP contribution in [-0.4, -0.2) is 89.2 Å². The fourth-order valence-electron chi connectivity index (χ4n) is 5.01. The molecule has 0 spiro atoms. The van der Waals surface area contributed by atoms with Gasteiger partial charge in [-0.3, -0.25) is 4.79 Å². The Hall–Kier alpha value is -2.75. The van der Waals surface area contributed by atoms with Gasteiger partial charge >= 0.3 is 0 Å². The van der Waals surface area contributed by atoms with E-state index >= 15 is 0 Å². The molecule has 2 saturated heterocycles. The third-order valence-electron chi connectivity index (χ3n) is 7.18. The predicted octanol–water partition coefficient (Wildman–Crippen LogP) is 3.08. The summed E-state index contributed by atoms with van der Waals surface area (Å²) in [4.78, 5) is 26.5. The maximum absolute atomic E-state index is 13.3. The summed E-state index contributed by atoms with van der Waals surface area (Å²) in [5.41, 5.74) is 1.38. The molecule has 1 aromatic heterocycles. The van der Waals surface area contributed by atoms with E-state index in [9.17, 15) is 9.90 Å². The second kappa shape index (κ2) is 13.5. The number of nitrogens with one attached hydrogen (secondary N) is 3. The third kappa shape index (κ3) is 7.38. The molecule has 1 aliphatic carbocycles. The van der Waals surface area contributed by atoms with Crippen molar-refractivity contribution in [2.75, 3.05) is 57.0 Å². The van der Waals surface area contributed by atoms with Gasteiger partial charge in [-0.05, 0) is 51.3 Å². The highest BCUT2D eigenvalue weighted by atomic mass is 16.3. The molecular weight excluding hydrogens is 454 g/mol. The largest absolute Gasteiger partial charge is 0.394 e. The van der Waals surface area contributed by atoms with E-state index in [0.717, 1.165) is 50.9 Å². The lowest BCUT2D eigenvalue weighted by Crippen LogP contribution is -2.46. The van der Waals surface area contributed by atoms with E-state index in [4.69, 9.17) is 0 Å². The highest BCUT2D eigenvalue weighted by Gasteiger charge is 2.30. The average Bonchev–Trinajstić information content (AvgIpc) is 3.43. The lowest BCUT2D eigenvalue weighted by Gasteiger charge is -2.35. The van der Waals surface area contributed by atoms with Crippen molar-refractivity contribution < 1.29 is 9.90 Å². The van der Waals surface area contributed by atoms with Crippen LogP contribution in [0.15, 0.2) is 36.5 Å². The maximum Gasteiger partial charge on any atom is 0.259 e. The van der Waals surface area contributed by atoms with Gasteiger partial charge in [0.1, 0.15) is 11.4 Å². The van der Waals surface area contributed by atoms with Crippen LogP contribution in [0, 0.1) is 0 Å². The summed E-state index contributed by atoms with van der Waals surface area (Å²) in [5, 5.41) is 19.7. The highest BCUT2D eigenvalue weighted by molar-refractivity contribution is 5.99. The van der Waals surface area contributed by atoms with Crippen molar-refractivity contribution in [1.82, 2.24) is 25.1 Å². The number of rotatable bonds is 6. The molecule has 1 amide bonds. The van der Waals surface area contributed by atoms with Crippen LogP contribution in [0.5, 0.6) is 0 Å². The standard InChI is InChI=1S/C22H29N5O2.C5H12N2/c28-15-18-12-6-7-13-27(18)21(29)19-14-23-22(25-17-8-2-1-3-9-17)26-20(19)24-16-10-4-5-11-16;1-7-4-2-6-3-5-7/h1-3,8-9,14,16,18,28H,4-7,10-13,15H2,(H2,23,24,25,26);6H,2-5H2,1H3. The Morgan fingerprint density at radius 2 is 1.78 bits per heavy atom. The first-order chi connectivity index (χ1) is 17.6. The first kappa shape index (κ1) is 26.3. The van der Waals surface area contributed by atoms with E-state index in [1.807, 2.05) is 30.3 Å². The van der Waals surface area contributed by atoms with Crippen molar-refractivity contribution >= 4 is 23.4 Å². The lowest BCUT2D eigenvalue weighted by molar-refractivity contribution is 0.0503. The maximum atomic E-state index is 13.3. The summed E-state index contributed by atoms with van der Waals surface area (Å²) in [6.07, 6.45) is 9.01. The third-order valence-corrected chi connectivity index (χ3v) is 7.18. The van der Waals surface area contributed by atoms with Crippen LogP contribution in [0.4, 0.5) is 17.5 Å². The van der Waals surface area contributed by atoms with Crippen molar-refractivity contribution in [3.63, 3.8) is 0 Å². The van der Waals surface area contributed by atoms with E-state index in [2.05, 4.69) is 37.9 Å². The normalized spacial score (nSPS) is 20.9. The number of anilines is 3. The molecule has 2 aliphatic heterocycles. The zero-order chi connectivity index (χ0) is 25.2. The van der Waals surface area contributed by atoms with Gasteiger partial charge in [-0.15, -0.1) is 0 Å². The number of likely N-dealkylation sites (N-methyl/N-ethyl adjacent to an activating group) is 1. The van der Waals surface area contributed by atoms with Crippen LogP contribution in [-0.2, 0) is 0 Å². The summed E-state index contributed by atoms with van der Waals surface area (Å²) < 4.78 is 0. The van der Waals surface area contributed by atoms with Gasteiger partial charge in [0.15, 0.2) is 0 Å². The molecule has 3 fully saturated rings. The van der Waals surface area contributed by atoms with E-state index in [0.29, 0.717) is 29.9 Å². The molecule has 9 heteroatoms. The van der Waals surface area contributed by atoms with Gasteiger partial charge in [0.05, 0.1) is 12.6 Å². The quantitative estimate of drug-likeness (QED) is 0.485. The van der Waals surface area contributed by atoms with Gasteiger partial charge < -0.3 is 30.9 Å². The molecular formula is C27H41N7O2. The van der Waals surface area contributed by atoms with E-state index < -0.39 is 0 Å². The van der Waals surface area contributed by atoms with Crippen molar-refractivity contribution in [2.45, 2.75) is 57.0 Å². The average molecular weight is 496 g/mol. The van der Waals surface area contributed by atoms with Crippen LogP contribution in [0.2, 0.25) is 0 Å². The number of aliphatic hydroxyl groups is 1. The smallest absolute Gasteiger partial charge is 0.259 e. The second-order valence-corrected chi connectivity index (χ2v) is 9.96. The van der Waals surface area contributed by atoms with Crippen molar-refractivity contribution in [2.24, 2.45) is 0 Å². The number of carbonyl (C=O) groups is 1. The van der Waals surface area contributed by atoms with Crippen molar-refractivity contribution in [1.29, 1.82) is 0 Å². The van der Waals surface area contributed by atoms with E-state index in [1.54, 1.807) is 11.1 Å². The van der Waals surface area contributed by atoms with Gasteiger partial charge in [-0.2, -0.15) is 4.98 Å². The summed E-state index contributed by atoms with van der Waals surface area (Å²) in [7, 11) is 2.15. The number of hydrogen-bond acceptors (Lipinski definition) is 8. The SMILES string of the molecule is CN1CCNCC1.O=C(c1cnc(Nc2ccccc2)nc1NC1CCCC1)N1CCCCC1CO. The molecule has 3 aliphatic rings. The molecule has 1 atom stereocenters. The fraction of sp³-hybridized carbons (Fsp3) is 0.593.